The van der Waals surface area contributed by atoms with Crippen LogP contribution in [0, 0.1) is 0 Å². The molecular weight excluding hydrogens is 746 g/mol. The van der Waals surface area contributed by atoms with Gasteiger partial charge < -0.3 is 18.9 Å². The number of carbonyl (C=O) groups excluding carboxylic acids is 4. The minimum atomic E-state index is -4.74. The van der Waals surface area contributed by atoms with Crippen LogP contribution in [0.3, 0.4) is 0 Å². The van der Waals surface area contributed by atoms with Crippen molar-refractivity contribution < 1.29 is 64.5 Å². The molecule has 0 spiro atoms. The molecule has 3 rings (SSSR count). The number of hydrogen-bond acceptors (Lipinski definition) is 8. The molecule has 8 nitrogen and oxygen atoms in total. The number of carbonyl (C=O) groups is 4. The minimum absolute atomic E-state index is 0.0742. The topological polar surface area (TPSA) is 105 Å². The van der Waals surface area contributed by atoms with E-state index in [1.54, 1.807) is 24.3 Å². The van der Waals surface area contributed by atoms with Gasteiger partial charge in [0.25, 0.3) is 0 Å². The monoisotopic (exact) mass is 794 g/mol. The van der Waals surface area contributed by atoms with Crippen LogP contribution in [0.4, 0.5) is 26.3 Å². The number of alkyl halides is 6. The Labute approximate surface area is 322 Å². The molecule has 0 amide bonds. The zero-order valence-electron chi connectivity index (χ0n) is 31.8. The summed E-state index contributed by atoms with van der Waals surface area (Å²) in [6.45, 7) is 6.14. The molecule has 56 heavy (non-hydrogen) atoms. The zero-order valence-corrected chi connectivity index (χ0v) is 31.8. The molecule has 0 radical (unpaired) electrons. The van der Waals surface area contributed by atoms with Gasteiger partial charge in [-0.3, -0.25) is 0 Å². The smallest absolute Gasteiger partial charge is 0.425 e. The van der Waals surface area contributed by atoms with Crippen molar-refractivity contribution in [1.82, 2.24) is 0 Å². The maximum absolute atomic E-state index is 13.4. The van der Waals surface area contributed by atoms with Crippen LogP contribution in [-0.4, -0.2) is 60.6 Å². The number of benzene rings is 3. The molecule has 0 saturated carbocycles. The summed E-state index contributed by atoms with van der Waals surface area (Å²) in [6, 6.07) is 19.6. The van der Waals surface area contributed by atoms with Crippen molar-refractivity contribution in [2.75, 3.05) is 0 Å². The first-order valence-electron chi connectivity index (χ1n) is 18.7. The van der Waals surface area contributed by atoms with Crippen molar-refractivity contribution in [3.63, 3.8) is 0 Å². The average molecular weight is 795 g/mol. The van der Waals surface area contributed by atoms with Gasteiger partial charge in [0.15, 0.2) is 24.4 Å². The summed E-state index contributed by atoms with van der Waals surface area (Å²) in [7, 11) is 0. The van der Waals surface area contributed by atoms with Crippen molar-refractivity contribution >= 4 is 23.9 Å². The predicted molar refractivity (Wildman–Crippen MR) is 196 cm³/mol. The van der Waals surface area contributed by atoms with Gasteiger partial charge in [0, 0.05) is 0 Å². The van der Waals surface area contributed by atoms with E-state index in [1.165, 1.54) is 24.3 Å². The van der Waals surface area contributed by atoms with Gasteiger partial charge >= 0.3 is 36.2 Å². The molecule has 0 aromatic heterocycles. The van der Waals surface area contributed by atoms with Crippen LogP contribution < -0.4 is 0 Å². The number of ether oxygens (including phenoxy) is 4. The quantitative estimate of drug-likeness (QED) is 0.0482. The second-order valence-corrected chi connectivity index (χ2v) is 13.5. The highest BCUT2D eigenvalue weighted by atomic mass is 19.4. The van der Waals surface area contributed by atoms with E-state index in [0.717, 1.165) is 61.8 Å². The lowest BCUT2D eigenvalue weighted by atomic mass is 9.99. The Bertz CT molecular complexity index is 1580. The number of esters is 4. The van der Waals surface area contributed by atoms with Gasteiger partial charge in [0.1, 0.15) is 0 Å². The highest BCUT2D eigenvalue weighted by Crippen LogP contribution is 2.30. The van der Waals surface area contributed by atoms with Gasteiger partial charge in [0.05, 0.1) is 11.1 Å². The molecule has 0 aliphatic heterocycles. The maximum atomic E-state index is 13.4. The van der Waals surface area contributed by atoms with E-state index >= 15 is 0 Å². The third kappa shape index (κ3) is 14.3. The fraction of sp³-hybridized carbons (Fsp3) is 0.476. The van der Waals surface area contributed by atoms with Gasteiger partial charge in [-0.05, 0) is 86.1 Å². The molecule has 0 unspecified atom stereocenters. The third-order valence-corrected chi connectivity index (χ3v) is 8.91. The second-order valence-electron chi connectivity index (χ2n) is 13.5. The molecule has 0 heterocycles. The Morgan fingerprint density at radius 1 is 0.464 bits per heavy atom. The second kappa shape index (κ2) is 21.4. The van der Waals surface area contributed by atoms with Crippen LogP contribution >= 0.6 is 0 Å². The third-order valence-electron chi connectivity index (χ3n) is 8.91. The summed E-state index contributed by atoms with van der Waals surface area (Å²) < 4.78 is 100. The Kier molecular flexibility index (Phi) is 17.4. The summed E-state index contributed by atoms with van der Waals surface area (Å²) in [5, 5.41) is 0. The van der Waals surface area contributed by atoms with E-state index in [0.29, 0.717) is 12.8 Å². The van der Waals surface area contributed by atoms with Crippen molar-refractivity contribution in [3.8, 4) is 22.3 Å². The number of halogens is 6. The maximum Gasteiger partial charge on any atom is 0.425 e. The van der Waals surface area contributed by atoms with Crippen molar-refractivity contribution in [1.29, 1.82) is 0 Å². The predicted octanol–water partition coefficient (Wildman–Crippen LogP) is 11.0. The lowest BCUT2D eigenvalue weighted by molar-refractivity contribution is -0.226. The summed E-state index contributed by atoms with van der Waals surface area (Å²) >= 11 is 0. The van der Waals surface area contributed by atoms with E-state index in [1.807, 2.05) is 38.1 Å². The molecule has 0 saturated heterocycles. The molecule has 0 N–H and O–H groups in total. The van der Waals surface area contributed by atoms with E-state index in [2.05, 4.69) is 9.47 Å². The lowest BCUT2D eigenvalue weighted by Gasteiger charge is -2.22. The van der Waals surface area contributed by atoms with Gasteiger partial charge in [-0.1, -0.05) is 101 Å². The Morgan fingerprint density at radius 3 is 1.02 bits per heavy atom. The average Bonchev–Trinajstić information content (AvgIpc) is 3.16. The minimum Gasteiger partial charge on any atom is -0.450 e. The van der Waals surface area contributed by atoms with Crippen LogP contribution in [0.15, 0.2) is 72.8 Å². The first-order chi connectivity index (χ1) is 26.4. The highest BCUT2D eigenvalue weighted by molar-refractivity contribution is 5.93. The largest absolute Gasteiger partial charge is 0.450 e. The van der Waals surface area contributed by atoms with Gasteiger partial charge in [-0.15, -0.1) is 0 Å². The first-order valence-corrected chi connectivity index (χ1v) is 18.7. The van der Waals surface area contributed by atoms with Crippen molar-refractivity contribution in [3.05, 3.63) is 83.9 Å². The van der Waals surface area contributed by atoms with Gasteiger partial charge in [-0.2, -0.15) is 26.3 Å². The van der Waals surface area contributed by atoms with Gasteiger partial charge in [-0.25, -0.2) is 19.2 Å². The number of rotatable bonds is 20. The van der Waals surface area contributed by atoms with Crippen LogP contribution in [0.5, 0.6) is 0 Å². The molecule has 3 aromatic carbocycles. The molecule has 0 aliphatic carbocycles. The number of hydrogen-bond donors (Lipinski definition) is 0. The van der Waals surface area contributed by atoms with E-state index in [-0.39, 0.29) is 36.8 Å². The van der Waals surface area contributed by atoms with E-state index in [9.17, 15) is 45.5 Å². The molecule has 0 bridgehead atoms. The molecular formula is C42H48F6O8. The van der Waals surface area contributed by atoms with Crippen LogP contribution in [0.1, 0.15) is 113 Å². The lowest BCUT2D eigenvalue weighted by Crippen LogP contribution is -2.37. The SMILES string of the molecule is CCCCCC[C@@H](OC(=O)[C@H](C)OC(=O)c1ccc(-c2ccc(-c3ccc(C(=O)O[C@@H](C)C(=O)O[C@H](CCCCCC)C(F)(F)F)cc3)cc2)cc1)C(F)(F)F. The summed E-state index contributed by atoms with van der Waals surface area (Å²) in [4.78, 5) is 50.1. The molecule has 14 heteroatoms. The van der Waals surface area contributed by atoms with Crippen LogP contribution in [0.25, 0.3) is 22.3 Å². The zero-order chi connectivity index (χ0) is 41.5. The van der Waals surface area contributed by atoms with Crippen LogP contribution in [-0.2, 0) is 28.5 Å². The van der Waals surface area contributed by atoms with Crippen LogP contribution in [0.2, 0.25) is 0 Å². The summed E-state index contributed by atoms with van der Waals surface area (Å²) in [5.74, 6) is -4.40. The Hall–Kier alpha value is -4.88. The van der Waals surface area contributed by atoms with E-state index < -0.39 is 60.6 Å². The Balaban J connectivity index is 1.55. The summed E-state index contributed by atoms with van der Waals surface area (Å²) in [6.07, 6.45) is -13.1. The van der Waals surface area contributed by atoms with Crippen molar-refractivity contribution in [2.45, 2.75) is 129 Å². The molecule has 306 valence electrons. The van der Waals surface area contributed by atoms with E-state index in [4.69, 9.17) is 9.47 Å². The summed E-state index contributed by atoms with van der Waals surface area (Å²) in [5.41, 5.74) is 3.14. The van der Waals surface area contributed by atoms with Crippen molar-refractivity contribution in [2.24, 2.45) is 0 Å². The fourth-order valence-corrected chi connectivity index (χ4v) is 5.57. The number of unbranched alkanes of at least 4 members (excludes halogenated alkanes) is 6. The van der Waals surface area contributed by atoms with Gasteiger partial charge in [0.2, 0.25) is 0 Å². The first kappa shape index (κ1) is 45.5. The molecule has 0 fully saturated rings. The Morgan fingerprint density at radius 2 is 0.750 bits per heavy atom. The standard InChI is InChI=1S/C42H48F6O8/c1-5-7-9-11-13-35(41(43,44)45)55-37(49)27(3)53-39(51)33-23-19-31(20-24-33)29-15-17-30(18-16-29)32-21-25-34(26-22-32)40(52)54-28(4)38(50)56-36(42(46,47)48)14-12-10-8-6-2/h15-28,35-36H,5-14H2,1-4H3/t27-,28-,35+,36+/m0/s1. The highest BCUT2D eigenvalue weighted by Gasteiger charge is 2.44. The fourth-order valence-electron chi connectivity index (χ4n) is 5.57. The molecule has 3 aromatic rings. The normalized spacial score (nSPS) is 13.9. The molecule has 4 atom stereocenters. The molecule has 0 aliphatic rings.